The lowest BCUT2D eigenvalue weighted by Gasteiger charge is -2.50. The second-order valence-corrected chi connectivity index (χ2v) is 7.35. The van der Waals surface area contributed by atoms with Gasteiger partial charge in [0.25, 0.3) is 11.8 Å². The molecule has 7 nitrogen and oxygen atoms in total. The average molecular weight is 437 g/mol. The van der Waals surface area contributed by atoms with E-state index in [0.29, 0.717) is 6.20 Å². The maximum absolute atomic E-state index is 13.4. The molecule has 14 heteroatoms. The van der Waals surface area contributed by atoms with Gasteiger partial charge in [0, 0.05) is 37.8 Å². The normalized spacial score (nSPS) is 21.0. The Morgan fingerprint density at radius 1 is 0.867 bits per heavy atom. The number of nitrogen functional groups attached to an aromatic ring is 1. The predicted octanol–water partition coefficient (Wildman–Crippen LogP) is 3.33. The van der Waals surface area contributed by atoms with E-state index in [1.165, 1.54) is 4.90 Å². The number of aromatic nitrogens is 5. The lowest BCUT2D eigenvalue weighted by atomic mass is 9.80. The van der Waals surface area contributed by atoms with Crippen molar-refractivity contribution in [2.45, 2.75) is 55.8 Å². The maximum atomic E-state index is 13.4. The fraction of sp³-hybridized carbons (Fsp3) is 0.562. The van der Waals surface area contributed by atoms with E-state index < -0.39 is 67.4 Å². The van der Waals surface area contributed by atoms with E-state index in [1.807, 2.05) is 0 Å². The molecule has 2 N–H and O–H groups in total. The van der Waals surface area contributed by atoms with E-state index >= 15 is 0 Å². The number of hydrogen-bond acceptors (Lipinski definition) is 7. The summed E-state index contributed by atoms with van der Waals surface area (Å²) in [5, 5.41) is 0. The molecule has 0 amide bonds. The van der Waals surface area contributed by atoms with Gasteiger partial charge in [-0.3, -0.25) is 4.98 Å². The van der Waals surface area contributed by atoms with Gasteiger partial charge in [0.15, 0.2) is 11.5 Å². The van der Waals surface area contributed by atoms with Gasteiger partial charge in [0.1, 0.15) is 5.69 Å². The standard InChI is InChI=1S/C16H14F7N7/c17-14(18)1-7(2-14)30(8-3-15(19,20)4-8)13-28-11(27-12(24)29-13)9-5-25-6-10(26-9)16(21,22)23/h5-8H,1-4H2,(H2,24,27,28,29). The van der Waals surface area contributed by atoms with Crippen LogP contribution in [0.15, 0.2) is 12.4 Å². The molecule has 30 heavy (non-hydrogen) atoms. The van der Waals surface area contributed by atoms with Crippen LogP contribution in [-0.2, 0) is 6.18 Å². The predicted molar refractivity (Wildman–Crippen MR) is 88.7 cm³/mol. The zero-order valence-electron chi connectivity index (χ0n) is 15.0. The minimum Gasteiger partial charge on any atom is -0.368 e. The minimum atomic E-state index is -4.77. The Balaban J connectivity index is 1.70. The lowest BCUT2D eigenvalue weighted by molar-refractivity contribution is -0.141. The lowest BCUT2D eigenvalue weighted by Crippen LogP contribution is -2.60. The number of hydrogen-bond donors (Lipinski definition) is 1. The van der Waals surface area contributed by atoms with Crippen LogP contribution in [0.4, 0.5) is 42.6 Å². The Labute approximate surface area is 164 Å². The average Bonchev–Trinajstić information content (AvgIpc) is 2.58. The molecule has 2 saturated carbocycles. The fourth-order valence-corrected chi connectivity index (χ4v) is 3.50. The third-order valence-corrected chi connectivity index (χ3v) is 4.95. The smallest absolute Gasteiger partial charge is 0.368 e. The summed E-state index contributed by atoms with van der Waals surface area (Å²) in [5.41, 5.74) is 3.96. The summed E-state index contributed by atoms with van der Waals surface area (Å²) in [6, 6.07) is -1.63. The van der Waals surface area contributed by atoms with Gasteiger partial charge in [-0.15, -0.1) is 0 Å². The van der Waals surface area contributed by atoms with Crippen LogP contribution in [0.25, 0.3) is 11.5 Å². The van der Waals surface area contributed by atoms with Crippen molar-refractivity contribution in [1.82, 2.24) is 24.9 Å². The van der Waals surface area contributed by atoms with Crippen molar-refractivity contribution in [3.63, 3.8) is 0 Å². The molecule has 4 rings (SSSR count). The van der Waals surface area contributed by atoms with Crippen LogP contribution in [-0.4, -0.2) is 48.8 Å². The van der Waals surface area contributed by atoms with E-state index in [-0.39, 0.29) is 17.5 Å². The Bertz CT molecular complexity index is 925. The number of nitrogens with two attached hydrogens (primary N) is 1. The molecule has 0 unspecified atom stereocenters. The van der Waals surface area contributed by atoms with E-state index in [9.17, 15) is 30.7 Å². The van der Waals surface area contributed by atoms with Crippen LogP contribution >= 0.6 is 0 Å². The first-order valence-corrected chi connectivity index (χ1v) is 8.78. The van der Waals surface area contributed by atoms with Crippen molar-refractivity contribution >= 4 is 11.9 Å². The second kappa shape index (κ2) is 6.60. The summed E-state index contributed by atoms with van der Waals surface area (Å²) in [6.07, 6.45) is -5.63. The van der Waals surface area contributed by atoms with Crippen LogP contribution in [0, 0.1) is 0 Å². The highest BCUT2D eigenvalue weighted by molar-refractivity contribution is 5.53. The number of nitrogens with zero attached hydrogens (tertiary/aromatic N) is 6. The van der Waals surface area contributed by atoms with E-state index in [4.69, 9.17) is 5.73 Å². The highest BCUT2D eigenvalue weighted by Crippen LogP contribution is 2.48. The van der Waals surface area contributed by atoms with E-state index in [1.54, 1.807) is 0 Å². The summed E-state index contributed by atoms with van der Waals surface area (Å²) in [6.45, 7) is 0. The van der Waals surface area contributed by atoms with Crippen LogP contribution in [0.2, 0.25) is 0 Å². The van der Waals surface area contributed by atoms with Crippen LogP contribution in [0.5, 0.6) is 0 Å². The Morgan fingerprint density at radius 2 is 1.43 bits per heavy atom. The van der Waals surface area contributed by atoms with Crippen molar-refractivity contribution < 1.29 is 30.7 Å². The van der Waals surface area contributed by atoms with Crippen LogP contribution in [0.3, 0.4) is 0 Å². The highest BCUT2D eigenvalue weighted by Gasteiger charge is 2.55. The molecule has 162 valence electrons. The Kier molecular flexibility index (Phi) is 4.51. The van der Waals surface area contributed by atoms with Crippen molar-refractivity contribution in [3.8, 4) is 11.5 Å². The van der Waals surface area contributed by atoms with Crippen molar-refractivity contribution in [2.24, 2.45) is 0 Å². The fourth-order valence-electron chi connectivity index (χ4n) is 3.50. The molecular weight excluding hydrogens is 423 g/mol. The molecule has 2 heterocycles. The first-order valence-electron chi connectivity index (χ1n) is 8.78. The molecule has 0 saturated heterocycles. The van der Waals surface area contributed by atoms with Gasteiger partial charge < -0.3 is 10.6 Å². The maximum Gasteiger partial charge on any atom is 0.434 e. The molecule has 2 fully saturated rings. The quantitative estimate of drug-likeness (QED) is 0.734. The molecule has 0 spiro atoms. The Morgan fingerprint density at radius 3 is 1.93 bits per heavy atom. The van der Waals surface area contributed by atoms with Crippen LogP contribution < -0.4 is 10.6 Å². The third kappa shape index (κ3) is 3.94. The zero-order chi connectivity index (χ0) is 21.9. The zero-order valence-corrected chi connectivity index (χ0v) is 15.0. The van der Waals surface area contributed by atoms with Gasteiger partial charge in [-0.1, -0.05) is 0 Å². The SMILES string of the molecule is Nc1nc(-c2cncc(C(F)(F)F)n2)nc(N(C2CC(F)(F)C2)C2CC(F)(F)C2)n1. The third-order valence-electron chi connectivity index (χ3n) is 4.95. The first-order chi connectivity index (χ1) is 13.8. The number of anilines is 2. The van der Waals surface area contributed by atoms with Crippen LogP contribution in [0.1, 0.15) is 31.4 Å². The molecule has 2 aliphatic rings. The van der Waals surface area contributed by atoms with Gasteiger partial charge in [-0.05, 0) is 0 Å². The van der Waals surface area contributed by atoms with Gasteiger partial charge in [0.2, 0.25) is 11.9 Å². The Hall–Kier alpha value is -2.80. The molecule has 2 aliphatic carbocycles. The highest BCUT2D eigenvalue weighted by atomic mass is 19.4. The summed E-state index contributed by atoms with van der Waals surface area (Å²) in [5.74, 6) is -6.95. The van der Waals surface area contributed by atoms with E-state index in [0.717, 1.165) is 6.20 Å². The molecule has 0 atom stereocenters. The monoisotopic (exact) mass is 437 g/mol. The molecule has 0 aliphatic heterocycles. The molecule has 2 aromatic rings. The minimum absolute atomic E-state index is 0.266. The molecule has 0 aromatic carbocycles. The summed E-state index contributed by atoms with van der Waals surface area (Å²) >= 11 is 0. The van der Waals surface area contributed by atoms with Crippen molar-refractivity contribution in [1.29, 1.82) is 0 Å². The van der Waals surface area contributed by atoms with Gasteiger partial charge in [-0.2, -0.15) is 28.1 Å². The second-order valence-electron chi connectivity index (χ2n) is 7.35. The van der Waals surface area contributed by atoms with Crippen molar-refractivity contribution in [3.05, 3.63) is 18.1 Å². The summed E-state index contributed by atoms with van der Waals surface area (Å²) in [7, 11) is 0. The molecule has 0 bridgehead atoms. The molecule has 2 aromatic heterocycles. The number of alkyl halides is 7. The van der Waals surface area contributed by atoms with Gasteiger partial charge >= 0.3 is 6.18 Å². The first kappa shape index (κ1) is 20.5. The molecular formula is C16H14F7N7. The summed E-state index contributed by atoms with van der Waals surface area (Å²) < 4.78 is 92.3. The van der Waals surface area contributed by atoms with Gasteiger partial charge in [-0.25, -0.2) is 22.5 Å². The number of rotatable bonds is 4. The molecule has 0 radical (unpaired) electrons. The van der Waals surface area contributed by atoms with Crippen molar-refractivity contribution in [2.75, 3.05) is 10.6 Å². The van der Waals surface area contributed by atoms with Gasteiger partial charge in [0.05, 0.1) is 12.4 Å². The number of halogens is 7. The topological polar surface area (TPSA) is 93.7 Å². The summed E-state index contributed by atoms with van der Waals surface area (Å²) in [4.78, 5) is 19.7. The largest absolute Gasteiger partial charge is 0.434 e. The van der Waals surface area contributed by atoms with E-state index in [2.05, 4.69) is 24.9 Å².